The maximum atomic E-state index is 4.37. The molecule has 2 aromatic heterocycles. The predicted molar refractivity (Wildman–Crippen MR) is 73.2 cm³/mol. The fourth-order valence-electron chi connectivity index (χ4n) is 1.95. The van der Waals surface area contributed by atoms with Crippen molar-refractivity contribution in [3.8, 4) is 5.69 Å². The molecule has 0 spiro atoms. The highest BCUT2D eigenvalue weighted by Gasteiger charge is 2.05. The lowest BCUT2D eigenvalue weighted by Crippen LogP contribution is -2.08. The molecule has 0 N–H and O–H groups in total. The fourth-order valence-corrected chi connectivity index (χ4v) is 1.95. The smallest absolute Gasteiger partial charge is 0.164 e. The molecule has 0 saturated carbocycles. The van der Waals surface area contributed by atoms with E-state index in [1.165, 1.54) is 5.69 Å². The zero-order valence-electron chi connectivity index (χ0n) is 10.4. The first-order chi connectivity index (χ1) is 8.75. The number of hydrogen-bond acceptors (Lipinski definition) is 3. The molecule has 90 valence electrons. The van der Waals surface area contributed by atoms with Gasteiger partial charge in [-0.2, -0.15) is 0 Å². The third-order valence-electron chi connectivity index (χ3n) is 2.95. The molecular weight excluding hydrogens is 224 g/mol. The van der Waals surface area contributed by atoms with E-state index in [9.17, 15) is 0 Å². The van der Waals surface area contributed by atoms with E-state index in [1.54, 1.807) is 6.20 Å². The van der Waals surface area contributed by atoms with Gasteiger partial charge in [0.2, 0.25) is 0 Å². The molecule has 0 unspecified atom stereocenters. The Morgan fingerprint density at radius 2 is 1.78 bits per heavy atom. The number of fused-ring (bicyclic) bond motifs is 1. The van der Waals surface area contributed by atoms with Crippen LogP contribution in [0.15, 0.2) is 48.9 Å². The molecule has 0 aliphatic carbocycles. The minimum Gasteiger partial charge on any atom is -0.378 e. The van der Waals surface area contributed by atoms with Crippen LogP contribution in [0, 0.1) is 0 Å². The topological polar surface area (TPSA) is 34.0 Å². The van der Waals surface area contributed by atoms with Crippen LogP contribution in [0.3, 0.4) is 0 Å². The maximum absolute atomic E-state index is 4.37. The molecule has 4 nitrogen and oxygen atoms in total. The van der Waals surface area contributed by atoms with Gasteiger partial charge >= 0.3 is 0 Å². The first-order valence-electron chi connectivity index (χ1n) is 5.81. The molecule has 3 rings (SSSR count). The molecule has 0 aliphatic heterocycles. The SMILES string of the molecule is CN(C)c1ccc(-n2cnc3cccnc32)cc1. The van der Waals surface area contributed by atoms with Gasteiger partial charge in [0, 0.05) is 31.7 Å². The van der Waals surface area contributed by atoms with E-state index in [0.29, 0.717) is 0 Å². The Hall–Kier alpha value is -2.36. The number of rotatable bonds is 2. The van der Waals surface area contributed by atoms with E-state index in [2.05, 4.69) is 39.1 Å². The molecule has 18 heavy (non-hydrogen) atoms. The normalized spacial score (nSPS) is 10.8. The standard InChI is InChI=1S/C14H14N4/c1-17(2)11-5-7-12(8-6-11)18-10-16-13-4-3-9-15-14(13)18/h3-10H,1-2H3. The van der Waals surface area contributed by atoms with Gasteiger partial charge in [-0.15, -0.1) is 0 Å². The quantitative estimate of drug-likeness (QED) is 0.688. The second kappa shape index (κ2) is 4.14. The Balaban J connectivity index is 2.09. The molecule has 0 bridgehead atoms. The number of anilines is 1. The van der Waals surface area contributed by atoms with Gasteiger partial charge in [-0.1, -0.05) is 0 Å². The lowest BCUT2D eigenvalue weighted by Gasteiger charge is -2.12. The first kappa shape index (κ1) is 10.8. The fraction of sp³-hybridized carbons (Fsp3) is 0.143. The summed E-state index contributed by atoms with van der Waals surface area (Å²) in [5.74, 6) is 0. The minimum absolute atomic E-state index is 0.884. The van der Waals surface area contributed by atoms with E-state index in [-0.39, 0.29) is 0 Å². The van der Waals surface area contributed by atoms with Gasteiger partial charge in [0.25, 0.3) is 0 Å². The summed E-state index contributed by atoms with van der Waals surface area (Å²) in [6.07, 6.45) is 3.59. The van der Waals surface area contributed by atoms with Crippen LogP contribution in [0.5, 0.6) is 0 Å². The second-order valence-corrected chi connectivity index (χ2v) is 4.37. The van der Waals surface area contributed by atoms with E-state index in [4.69, 9.17) is 0 Å². The molecule has 0 saturated heterocycles. The van der Waals surface area contributed by atoms with E-state index >= 15 is 0 Å². The van der Waals surface area contributed by atoms with Crippen molar-refractivity contribution >= 4 is 16.9 Å². The Morgan fingerprint density at radius 1 is 1.00 bits per heavy atom. The highest BCUT2D eigenvalue weighted by atomic mass is 15.1. The molecule has 0 fully saturated rings. The number of hydrogen-bond donors (Lipinski definition) is 0. The van der Waals surface area contributed by atoms with E-state index < -0.39 is 0 Å². The molecule has 3 aromatic rings. The van der Waals surface area contributed by atoms with Gasteiger partial charge in [0.05, 0.1) is 0 Å². The summed E-state index contributed by atoms with van der Waals surface area (Å²) in [5.41, 5.74) is 4.04. The molecule has 0 atom stereocenters. The van der Waals surface area contributed by atoms with Crippen molar-refractivity contribution in [2.75, 3.05) is 19.0 Å². The second-order valence-electron chi connectivity index (χ2n) is 4.37. The van der Waals surface area contributed by atoms with Crippen LogP contribution in [0.1, 0.15) is 0 Å². The average Bonchev–Trinajstić information content (AvgIpc) is 2.82. The van der Waals surface area contributed by atoms with Crippen molar-refractivity contribution < 1.29 is 0 Å². The Bertz CT molecular complexity index is 668. The van der Waals surface area contributed by atoms with Crippen LogP contribution in [0.4, 0.5) is 5.69 Å². The summed E-state index contributed by atoms with van der Waals surface area (Å²) in [6, 6.07) is 12.2. The monoisotopic (exact) mass is 238 g/mol. The summed E-state index contributed by atoms with van der Waals surface area (Å²) >= 11 is 0. The van der Waals surface area contributed by atoms with Gasteiger partial charge < -0.3 is 4.90 Å². The van der Waals surface area contributed by atoms with Crippen LogP contribution in [0.25, 0.3) is 16.9 Å². The van der Waals surface area contributed by atoms with Crippen molar-refractivity contribution in [2.24, 2.45) is 0 Å². The van der Waals surface area contributed by atoms with E-state index in [0.717, 1.165) is 16.9 Å². The third-order valence-corrected chi connectivity index (χ3v) is 2.95. The average molecular weight is 238 g/mol. The molecule has 1 aromatic carbocycles. The number of nitrogens with zero attached hydrogens (tertiary/aromatic N) is 4. The minimum atomic E-state index is 0.884. The molecule has 0 amide bonds. The van der Waals surface area contributed by atoms with Crippen molar-refractivity contribution in [1.29, 1.82) is 0 Å². The molecule has 4 heteroatoms. The van der Waals surface area contributed by atoms with Crippen LogP contribution >= 0.6 is 0 Å². The number of benzene rings is 1. The summed E-state index contributed by atoms with van der Waals surface area (Å²) in [5, 5.41) is 0. The Morgan fingerprint density at radius 3 is 2.50 bits per heavy atom. The van der Waals surface area contributed by atoms with Crippen molar-refractivity contribution in [3.63, 3.8) is 0 Å². The Labute approximate surface area is 106 Å². The van der Waals surface area contributed by atoms with Crippen LogP contribution < -0.4 is 4.90 Å². The zero-order chi connectivity index (χ0) is 12.5. The van der Waals surface area contributed by atoms with E-state index in [1.807, 2.05) is 37.1 Å². The Kier molecular flexibility index (Phi) is 2.48. The van der Waals surface area contributed by atoms with Gasteiger partial charge in [-0.3, -0.25) is 4.57 Å². The maximum Gasteiger partial charge on any atom is 0.164 e. The highest BCUT2D eigenvalue weighted by Crippen LogP contribution is 2.18. The van der Waals surface area contributed by atoms with Crippen LogP contribution in [0.2, 0.25) is 0 Å². The summed E-state index contributed by atoms with van der Waals surface area (Å²) in [4.78, 5) is 10.8. The summed E-state index contributed by atoms with van der Waals surface area (Å²) in [7, 11) is 4.06. The summed E-state index contributed by atoms with van der Waals surface area (Å²) < 4.78 is 1.99. The third kappa shape index (κ3) is 1.72. The van der Waals surface area contributed by atoms with Gasteiger partial charge in [-0.05, 0) is 36.4 Å². The molecular formula is C14H14N4. The number of aromatic nitrogens is 3. The first-order valence-corrected chi connectivity index (χ1v) is 5.81. The van der Waals surface area contributed by atoms with Crippen LogP contribution in [-0.2, 0) is 0 Å². The lowest BCUT2D eigenvalue weighted by molar-refractivity contribution is 1.06. The zero-order valence-corrected chi connectivity index (χ0v) is 10.4. The lowest BCUT2D eigenvalue weighted by atomic mass is 10.2. The highest BCUT2D eigenvalue weighted by molar-refractivity contribution is 5.72. The molecule has 2 heterocycles. The largest absolute Gasteiger partial charge is 0.378 e. The number of imidazole rings is 1. The molecule has 0 aliphatic rings. The van der Waals surface area contributed by atoms with Crippen molar-refractivity contribution in [2.45, 2.75) is 0 Å². The van der Waals surface area contributed by atoms with Gasteiger partial charge in [-0.25, -0.2) is 9.97 Å². The number of pyridine rings is 1. The van der Waals surface area contributed by atoms with Crippen LogP contribution in [-0.4, -0.2) is 28.6 Å². The van der Waals surface area contributed by atoms with Gasteiger partial charge in [0.15, 0.2) is 5.65 Å². The summed E-state index contributed by atoms with van der Waals surface area (Å²) in [6.45, 7) is 0. The van der Waals surface area contributed by atoms with Gasteiger partial charge in [0.1, 0.15) is 11.8 Å². The predicted octanol–water partition coefficient (Wildman–Crippen LogP) is 2.49. The van der Waals surface area contributed by atoms with Crippen molar-refractivity contribution in [3.05, 3.63) is 48.9 Å². The van der Waals surface area contributed by atoms with Crippen molar-refractivity contribution in [1.82, 2.24) is 14.5 Å². The molecule has 0 radical (unpaired) electrons.